The number of likely N-dealkylation sites (tertiary alicyclic amines) is 1. The first-order chi connectivity index (χ1) is 9.27. The molecule has 0 aliphatic carbocycles. The summed E-state index contributed by atoms with van der Waals surface area (Å²) >= 11 is 0. The van der Waals surface area contributed by atoms with Gasteiger partial charge in [-0.1, -0.05) is 0 Å². The van der Waals surface area contributed by atoms with E-state index in [9.17, 15) is 9.90 Å². The van der Waals surface area contributed by atoms with Crippen molar-refractivity contribution in [3.05, 3.63) is 24.0 Å². The standard InChI is InChI=1S/C14H22N2O3/c1-19-10-9-15-7-4-6-13(15)14(18)16-8-3-2-5-12(16)11-17/h4,6-7,12,17H,2-3,5,8-11H2,1H3. The number of aromatic nitrogens is 1. The normalized spacial score (nSPS) is 19.7. The summed E-state index contributed by atoms with van der Waals surface area (Å²) in [5, 5.41) is 9.40. The SMILES string of the molecule is COCCn1cccc1C(=O)N1CCCCC1CO. The molecule has 1 aliphatic heterocycles. The number of nitrogens with zero attached hydrogens (tertiary/aromatic N) is 2. The van der Waals surface area contributed by atoms with Gasteiger partial charge in [0.15, 0.2) is 0 Å². The molecule has 1 N–H and O–H groups in total. The first kappa shape index (κ1) is 14.1. The Morgan fingerprint density at radius 2 is 2.37 bits per heavy atom. The Hall–Kier alpha value is -1.33. The van der Waals surface area contributed by atoms with Crippen LogP contribution < -0.4 is 0 Å². The summed E-state index contributed by atoms with van der Waals surface area (Å²) < 4.78 is 6.96. The number of aliphatic hydroxyl groups excluding tert-OH is 1. The lowest BCUT2D eigenvalue weighted by molar-refractivity contribution is 0.0491. The fourth-order valence-electron chi connectivity index (χ4n) is 2.60. The number of hydrogen-bond acceptors (Lipinski definition) is 3. The summed E-state index contributed by atoms with van der Waals surface area (Å²) in [4.78, 5) is 14.4. The molecule has 0 bridgehead atoms. The minimum absolute atomic E-state index is 0.0138. The number of carbonyl (C=O) groups excluding carboxylic acids is 1. The molecule has 5 heteroatoms. The van der Waals surface area contributed by atoms with Gasteiger partial charge in [0.1, 0.15) is 5.69 Å². The lowest BCUT2D eigenvalue weighted by Crippen LogP contribution is -2.46. The molecule has 0 radical (unpaired) electrons. The number of methoxy groups -OCH3 is 1. The summed E-state index contributed by atoms with van der Waals surface area (Å²) in [5.41, 5.74) is 0.678. The third-order valence-electron chi connectivity index (χ3n) is 3.68. The Kier molecular flexibility index (Phi) is 4.99. The van der Waals surface area contributed by atoms with E-state index in [4.69, 9.17) is 4.74 Å². The fraction of sp³-hybridized carbons (Fsp3) is 0.643. The van der Waals surface area contributed by atoms with Gasteiger partial charge in [0.2, 0.25) is 0 Å². The van der Waals surface area contributed by atoms with Crippen LogP contribution in [0.4, 0.5) is 0 Å². The lowest BCUT2D eigenvalue weighted by Gasteiger charge is -2.34. The Bertz CT molecular complexity index is 417. The van der Waals surface area contributed by atoms with Crippen LogP contribution in [0.2, 0.25) is 0 Å². The summed E-state index contributed by atoms with van der Waals surface area (Å²) in [6.07, 6.45) is 4.88. The maximum absolute atomic E-state index is 12.6. The van der Waals surface area contributed by atoms with Gasteiger partial charge in [-0.2, -0.15) is 0 Å². The van der Waals surface area contributed by atoms with Crippen LogP contribution in [-0.4, -0.2) is 53.4 Å². The average molecular weight is 266 g/mol. The second kappa shape index (κ2) is 6.73. The molecule has 1 unspecified atom stereocenters. The van der Waals surface area contributed by atoms with E-state index in [1.807, 2.05) is 27.8 Å². The zero-order valence-electron chi connectivity index (χ0n) is 11.4. The van der Waals surface area contributed by atoms with Gasteiger partial charge < -0.3 is 19.3 Å². The monoisotopic (exact) mass is 266 g/mol. The van der Waals surface area contributed by atoms with Gasteiger partial charge in [0, 0.05) is 26.4 Å². The molecule has 0 spiro atoms. The summed E-state index contributed by atoms with van der Waals surface area (Å²) in [6.45, 7) is 2.03. The molecule has 1 aromatic rings. The van der Waals surface area contributed by atoms with Crippen molar-refractivity contribution in [1.82, 2.24) is 9.47 Å². The van der Waals surface area contributed by atoms with Crippen LogP contribution in [0.5, 0.6) is 0 Å². The molecule has 1 aliphatic rings. The zero-order chi connectivity index (χ0) is 13.7. The maximum Gasteiger partial charge on any atom is 0.270 e. The molecular weight excluding hydrogens is 244 g/mol. The molecular formula is C14H22N2O3. The Morgan fingerprint density at radius 3 is 3.11 bits per heavy atom. The Balaban J connectivity index is 2.11. The van der Waals surface area contributed by atoms with Crippen LogP contribution in [0.15, 0.2) is 18.3 Å². The van der Waals surface area contributed by atoms with Crippen molar-refractivity contribution in [2.75, 3.05) is 26.9 Å². The second-order valence-electron chi connectivity index (χ2n) is 4.91. The van der Waals surface area contributed by atoms with E-state index in [2.05, 4.69) is 0 Å². The van der Waals surface area contributed by atoms with Crippen molar-refractivity contribution >= 4 is 5.91 Å². The molecule has 1 fully saturated rings. The zero-order valence-corrected chi connectivity index (χ0v) is 11.4. The second-order valence-corrected chi connectivity index (χ2v) is 4.91. The minimum atomic E-state index is -0.0352. The van der Waals surface area contributed by atoms with Gasteiger partial charge in [-0.3, -0.25) is 4.79 Å². The molecule has 1 amide bonds. The third kappa shape index (κ3) is 3.16. The number of amides is 1. The van der Waals surface area contributed by atoms with E-state index < -0.39 is 0 Å². The average Bonchev–Trinajstić information content (AvgIpc) is 2.92. The molecule has 1 aromatic heterocycles. The summed E-state index contributed by atoms with van der Waals surface area (Å²) in [5.74, 6) is 0.0138. The van der Waals surface area contributed by atoms with Crippen molar-refractivity contribution in [2.45, 2.75) is 31.8 Å². The molecule has 2 rings (SSSR count). The highest BCUT2D eigenvalue weighted by Crippen LogP contribution is 2.19. The minimum Gasteiger partial charge on any atom is -0.394 e. The Labute approximate surface area is 113 Å². The summed E-state index contributed by atoms with van der Waals surface area (Å²) in [6, 6.07) is 3.67. The Morgan fingerprint density at radius 1 is 1.53 bits per heavy atom. The van der Waals surface area contributed by atoms with Crippen LogP contribution in [-0.2, 0) is 11.3 Å². The fourth-order valence-corrected chi connectivity index (χ4v) is 2.60. The number of ether oxygens (including phenoxy) is 1. The molecule has 1 atom stereocenters. The summed E-state index contributed by atoms with van der Waals surface area (Å²) in [7, 11) is 1.65. The van der Waals surface area contributed by atoms with Crippen LogP contribution in [0.25, 0.3) is 0 Å². The van der Waals surface area contributed by atoms with E-state index in [1.54, 1.807) is 7.11 Å². The first-order valence-electron chi connectivity index (χ1n) is 6.84. The van der Waals surface area contributed by atoms with Crippen LogP contribution in [0.1, 0.15) is 29.8 Å². The highest BCUT2D eigenvalue weighted by atomic mass is 16.5. The van der Waals surface area contributed by atoms with Gasteiger partial charge in [-0.15, -0.1) is 0 Å². The molecule has 106 valence electrons. The van der Waals surface area contributed by atoms with E-state index >= 15 is 0 Å². The van der Waals surface area contributed by atoms with Crippen molar-refractivity contribution in [2.24, 2.45) is 0 Å². The number of aliphatic hydroxyl groups is 1. The maximum atomic E-state index is 12.6. The van der Waals surface area contributed by atoms with E-state index in [-0.39, 0.29) is 18.6 Å². The number of hydrogen-bond donors (Lipinski definition) is 1. The molecule has 1 saturated heterocycles. The number of rotatable bonds is 5. The smallest absolute Gasteiger partial charge is 0.270 e. The van der Waals surface area contributed by atoms with Crippen LogP contribution >= 0.6 is 0 Å². The first-order valence-corrected chi connectivity index (χ1v) is 6.84. The topological polar surface area (TPSA) is 54.7 Å². The molecule has 0 saturated carbocycles. The van der Waals surface area contributed by atoms with Crippen molar-refractivity contribution in [1.29, 1.82) is 0 Å². The van der Waals surface area contributed by atoms with Gasteiger partial charge >= 0.3 is 0 Å². The predicted octanol–water partition coefficient (Wildman–Crippen LogP) is 1.12. The van der Waals surface area contributed by atoms with Crippen molar-refractivity contribution < 1.29 is 14.6 Å². The van der Waals surface area contributed by atoms with Crippen molar-refractivity contribution in [3.8, 4) is 0 Å². The number of carbonyl (C=O) groups is 1. The molecule has 5 nitrogen and oxygen atoms in total. The third-order valence-corrected chi connectivity index (χ3v) is 3.68. The largest absolute Gasteiger partial charge is 0.394 e. The van der Waals surface area contributed by atoms with Gasteiger partial charge in [0.05, 0.1) is 19.3 Å². The number of piperidine rings is 1. The van der Waals surface area contributed by atoms with E-state index in [0.717, 1.165) is 25.8 Å². The highest BCUT2D eigenvalue weighted by molar-refractivity contribution is 5.93. The molecule has 0 aromatic carbocycles. The highest BCUT2D eigenvalue weighted by Gasteiger charge is 2.28. The van der Waals surface area contributed by atoms with Gasteiger partial charge in [-0.05, 0) is 31.4 Å². The molecule has 2 heterocycles. The van der Waals surface area contributed by atoms with Crippen LogP contribution in [0, 0.1) is 0 Å². The van der Waals surface area contributed by atoms with Gasteiger partial charge in [0.25, 0.3) is 5.91 Å². The van der Waals surface area contributed by atoms with E-state index in [0.29, 0.717) is 18.8 Å². The quantitative estimate of drug-likeness (QED) is 0.869. The van der Waals surface area contributed by atoms with Crippen LogP contribution in [0.3, 0.4) is 0 Å². The predicted molar refractivity (Wildman–Crippen MR) is 72.1 cm³/mol. The lowest BCUT2D eigenvalue weighted by atomic mass is 10.0. The van der Waals surface area contributed by atoms with Crippen molar-refractivity contribution in [3.63, 3.8) is 0 Å². The van der Waals surface area contributed by atoms with Gasteiger partial charge in [-0.25, -0.2) is 0 Å². The molecule has 19 heavy (non-hydrogen) atoms. The van der Waals surface area contributed by atoms with E-state index in [1.165, 1.54) is 0 Å².